The van der Waals surface area contributed by atoms with Gasteiger partial charge in [0, 0.05) is 11.6 Å². The Morgan fingerprint density at radius 3 is 2.61 bits per heavy atom. The molecule has 1 aliphatic heterocycles. The summed E-state index contributed by atoms with van der Waals surface area (Å²) in [6, 6.07) is 1.84. The van der Waals surface area contributed by atoms with Crippen LogP contribution < -0.4 is 5.32 Å². The van der Waals surface area contributed by atoms with Crippen LogP contribution in [0.25, 0.3) is 0 Å². The van der Waals surface area contributed by atoms with Crippen LogP contribution in [0.4, 0.5) is 22.4 Å². The van der Waals surface area contributed by atoms with Gasteiger partial charge in [0.15, 0.2) is 0 Å². The van der Waals surface area contributed by atoms with Crippen LogP contribution in [0.15, 0.2) is 18.2 Å². The summed E-state index contributed by atoms with van der Waals surface area (Å²) < 4.78 is 55.4. The summed E-state index contributed by atoms with van der Waals surface area (Å²) in [5.41, 5.74) is -1.88. The van der Waals surface area contributed by atoms with Crippen molar-refractivity contribution in [3.05, 3.63) is 35.4 Å². The Morgan fingerprint density at radius 1 is 1.30 bits per heavy atom. The van der Waals surface area contributed by atoms with E-state index in [1.807, 2.05) is 0 Å². The van der Waals surface area contributed by atoms with E-state index in [1.54, 1.807) is 0 Å². The standard InChI is InChI=1S/C14H14F4N2O3/c1-14(9-3-2-8(15)6-10(9)16)12(21)20(13(22)19-14)4-5-23-7-11(17)18/h2-3,6,11H,4-5,7H2,1H3,(H,19,22)/t14-/m0/s1. The number of amides is 3. The molecular formula is C14H14F4N2O3. The Balaban J connectivity index is 2.13. The minimum absolute atomic E-state index is 0.187. The zero-order valence-electron chi connectivity index (χ0n) is 12.1. The number of carbonyl (C=O) groups excluding carboxylic acids is 2. The fraction of sp³-hybridized carbons (Fsp3) is 0.429. The van der Waals surface area contributed by atoms with Crippen molar-refractivity contribution in [2.45, 2.75) is 18.9 Å². The second kappa shape index (κ2) is 6.53. The molecule has 0 radical (unpaired) electrons. The lowest BCUT2D eigenvalue weighted by Crippen LogP contribution is -2.42. The monoisotopic (exact) mass is 334 g/mol. The van der Waals surface area contributed by atoms with Crippen molar-refractivity contribution in [2.24, 2.45) is 0 Å². The topological polar surface area (TPSA) is 58.6 Å². The first-order chi connectivity index (χ1) is 10.8. The second-order valence-corrected chi connectivity index (χ2v) is 5.10. The maximum atomic E-state index is 13.9. The number of carbonyl (C=O) groups is 2. The fourth-order valence-corrected chi connectivity index (χ4v) is 2.31. The quantitative estimate of drug-likeness (QED) is 0.492. The number of ether oxygens (including phenoxy) is 1. The Morgan fingerprint density at radius 2 is 2.00 bits per heavy atom. The molecule has 0 unspecified atom stereocenters. The van der Waals surface area contributed by atoms with Crippen LogP contribution in [-0.2, 0) is 15.1 Å². The first kappa shape index (κ1) is 17.2. The van der Waals surface area contributed by atoms with Crippen molar-refractivity contribution < 1.29 is 31.9 Å². The number of nitrogens with one attached hydrogen (secondary N) is 1. The predicted molar refractivity (Wildman–Crippen MR) is 70.8 cm³/mol. The number of benzene rings is 1. The van der Waals surface area contributed by atoms with E-state index in [0.717, 1.165) is 17.0 Å². The first-order valence-corrected chi connectivity index (χ1v) is 6.71. The SMILES string of the molecule is C[C@@]1(c2ccc(F)cc2F)NC(=O)N(CCOCC(F)F)C1=O. The molecule has 0 aliphatic carbocycles. The molecule has 1 fully saturated rings. The molecule has 1 aromatic rings. The average molecular weight is 334 g/mol. The maximum absolute atomic E-state index is 13.9. The van der Waals surface area contributed by atoms with Gasteiger partial charge >= 0.3 is 6.03 Å². The Kier molecular flexibility index (Phi) is 4.88. The highest BCUT2D eigenvalue weighted by Gasteiger charge is 2.50. The van der Waals surface area contributed by atoms with E-state index >= 15 is 0 Å². The number of nitrogens with zero attached hydrogens (tertiary/aromatic N) is 1. The molecule has 3 amide bonds. The Bertz CT molecular complexity index is 626. The lowest BCUT2D eigenvalue weighted by Gasteiger charge is -2.22. The van der Waals surface area contributed by atoms with E-state index in [0.29, 0.717) is 6.07 Å². The van der Waals surface area contributed by atoms with Crippen LogP contribution in [-0.4, -0.2) is 43.0 Å². The van der Waals surface area contributed by atoms with Gasteiger partial charge in [-0.25, -0.2) is 22.4 Å². The molecule has 23 heavy (non-hydrogen) atoms. The molecular weight excluding hydrogens is 320 g/mol. The first-order valence-electron chi connectivity index (χ1n) is 6.71. The van der Waals surface area contributed by atoms with Crippen molar-refractivity contribution in [1.82, 2.24) is 10.2 Å². The van der Waals surface area contributed by atoms with Crippen molar-refractivity contribution >= 4 is 11.9 Å². The lowest BCUT2D eigenvalue weighted by atomic mass is 9.91. The molecule has 9 heteroatoms. The van der Waals surface area contributed by atoms with E-state index in [4.69, 9.17) is 0 Å². The number of hydrogen-bond acceptors (Lipinski definition) is 3. The summed E-state index contributed by atoms with van der Waals surface area (Å²) in [4.78, 5) is 25.0. The minimum atomic E-state index is -2.66. The highest BCUT2D eigenvalue weighted by Crippen LogP contribution is 2.30. The largest absolute Gasteiger partial charge is 0.374 e. The molecule has 0 bridgehead atoms. The van der Waals surface area contributed by atoms with Gasteiger partial charge in [0.05, 0.1) is 13.2 Å². The van der Waals surface area contributed by atoms with E-state index < -0.39 is 42.1 Å². The number of hydrogen-bond donors (Lipinski definition) is 1. The van der Waals surface area contributed by atoms with Crippen molar-refractivity contribution in [1.29, 1.82) is 0 Å². The highest BCUT2D eigenvalue weighted by atomic mass is 19.3. The third kappa shape index (κ3) is 3.44. The molecule has 0 spiro atoms. The summed E-state index contributed by atoms with van der Waals surface area (Å²) in [6.45, 7) is -0.0572. The second-order valence-electron chi connectivity index (χ2n) is 5.10. The van der Waals surface area contributed by atoms with Crippen molar-refractivity contribution in [3.63, 3.8) is 0 Å². The zero-order valence-corrected chi connectivity index (χ0v) is 12.1. The molecule has 1 N–H and O–H groups in total. The molecule has 2 rings (SSSR count). The summed E-state index contributed by atoms with van der Waals surface area (Å²) in [6.07, 6.45) is -2.66. The lowest BCUT2D eigenvalue weighted by molar-refractivity contribution is -0.131. The van der Waals surface area contributed by atoms with Gasteiger partial charge in [0.1, 0.15) is 23.8 Å². The number of alkyl halides is 2. The average Bonchev–Trinajstić information content (AvgIpc) is 2.66. The van der Waals surface area contributed by atoms with Gasteiger partial charge in [0.25, 0.3) is 12.3 Å². The summed E-state index contributed by atoms with van der Waals surface area (Å²) in [5.74, 6) is -2.56. The molecule has 1 heterocycles. The number of rotatable bonds is 6. The molecule has 0 aromatic heterocycles. The minimum Gasteiger partial charge on any atom is -0.374 e. The normalized spacial score (nSPS) is 21.2. The van der Waals surface area contributed by atoms with E-state index in [9.17, 15) is 27.2 Å². The third-order valence-electron chi connectivity index (χ3n) is 3.45. The molecule has 1 atom stereocenters. The van der Waals surface area contributed by atoms with Gasteiger partial charge in [-0.1, -0.05) is 6.07 Å². The van der Waals surface area contributed by atoms with Gasteiger partial charge in [-0.15, -0.1) is 0 Å². The van der Waals surface area contributed by atoms with Gasteiger partial charge in [-0.05, 0) is 13.0 Å². The number of urea groups is 1. The molecule has 0 saturated carbocycles. The van der Waals surface area contributed by atoms with Gasteiger partial charge in [0.2, 0.25) is 0 Å². The smallest absolute Gasteiger partial charge is 0.325 e. The van der Waals surface area contributed by atoms with E-state index in [2.05, 4.69) is 10.1 Å². The van der Waals surface area contributed by atoms with Crippen LogP contribution in [0, 0.1) is 11.6 Å². The van der Waals surface area contributed by atoms with Crippen LogP contribution >= 0.6 is 0 Å². The Hall–Kier alpha value is -2.16. The zero-order chi connectivity index (χ0) is 17.2. The van der Waals surface area contributed by atoms with Gasteiger partial charge in [-0.3, -0.25) is 9.69 Å². The van der Waals surface area contributed by atoms with Crippen LogP contribution in [0.3, 0.4) is 0 Å². The molecule has 1 saturated heterocycles. The fourth-order valence-electron chi connectivity index (χ4n) is 2.31. The number of imide groups is 1. The van der Waals surface area contributed by atoms with Crippen LogP contribution in [0.2, 0.25) is 0 Å². The molecule has 1 aliphatic rings. The Labute approximate surface area is 129 Å². The maximum Gasteiger partial charge on any atom is 0.325 e. The van der Waals surface area contributed by atoms with Gasteiger partial charge < -0.3 is 10.1 Å². The summed E-state index contributed by atoms with van der Waals surface area (Å²) in [7, 11) is 0. The summed E-state index contributed by atoms with van der Waals surface area (Å²) >= 11 is 0. The molecule has 126 valence electrons. The van der Waals surface area contributed by atoms with E-state index in [-0.39, 0.29) is 18.7 Å². The van der Waals surface area contributed by atoms with E-state index in [1.165, 1.54) is 6.92 Å². The van der Waals surface area contributed by atoms with Gasteiger partial charge in [-0.2, -0.15) is 0 Å². The molecule has 1 aromatic carbocycles. The van der Waals surface area contributed by atoms with Crippen LogP contribution in [0.5, 0.6) is 0 Å². The van der Waals surface area contributed by atoms with Crippen molar-refractivity contribution in [2.75, 3.05) is 19.8 Å². The molecule has 5 nitrogen and oxygen atoms in total. The van der Waals surface area contributed by atoms with Crippen LogP contribution in [0.1, 0.15) is 12.5 Å². The highest BCUT2D eigenvalue weighted by molar-refractivity contribution is 6.07. The third-order valence-corrected chi connectivity index (χ3v) is 3.45. The predicted octanol–water partition coefficient (Wildman–Crippen LogP) is 2.01. The van der Waals surface area contributed by atoms with Crippen molar-refractivity contribution in [3.8, 4) is 0 Å². The number of halogens is 4. The summed E-state index contributed by atoms with van der Waals surface area (Å²) in [5, 5.41) is 2.33.